The molecule has 106 valence electrons. The molecule has 1 aliphatic rings. The molecule has 0 bridgehead atoms. The minimum absolute atomic E-state index is 0.0817. The van der Waals surface area contributed by atoms with Crippen LogP contribution < -0.4 is 16.0 Å². The van der Waals surface area contributed by atoms with E-state index in [0.29, 0.717) is 18.7 Å². The van der Waals surface area contributed by atoms with Crippen LogP contribution in [0.25, 0.3) is 0 Å². The van der Waals surface area contributed by atoms with Crippen LogP contribution in [0.2, 0.25) is 0 Å². The normalized spacial score (nSPS) is 18.0. The maximum Gasteiger partial charge on any atom is 0.335 e. The third-order valence-corrected chi connectivity index (χ3v) is 2.96. The molecule has 0 spiro atoms. The van der Waals surface area contributed by atoms with Gasteiger partial charge in [0.25, 0.3) is 0 Å². The fraction of sp³-hybridized carbons (Fsp3) is 0.308. The molecule has 3 amide bonds. The summed E-state index contributed by atoms with van der Waals surface area (Å²) >= 11 is 0. The van der Waals surface area contributed by atoms with Crippen LogP contribution in [-0.4, -0.2) is 35.6 Å². The number of rotatable bonds is 3. The van der Waals surface area contributed by atoms with Gasteiger partial charge in [0.05, 0.1) is 5.56 Å². The van der Waals surface area contributed by atoms with Crippen molar-refractivity contribution in [3.8, 4) is 0 Å². The predicted molar refractivity (Wildman–Crippen MR) is 71.6 cm³/mol. The van der Waals surface area contributed by atoms with Crippen molar-refractivity contribution in [2.75, 3.05) is 11.9 Å². The summed E-state index contributed by atoms with van der Waals surface area (Å²) in [6, 6.07) is 4.81. The Hall–Kier alpha value is -2.57. The van der Waals surface area contributed by atoms with Crippen LogP contribution in [-0.2, 0) is 4.79 Å². The molecule has 1 aliphatic heterocycles. The Morgan fingerprint density at radius 3 is 2.85 bits per heavy atom. The number of urea groups is 1. The standard InChI is InChI=1S/C13H15N3O4/c17-11-10(5-2-6-14-11)16-13(20)15-9-4-1-3-8(7-9)12(18)19/h1,3-4,7,10H,2,5-6H2,(H,14,17)(H,18,19)(H2,15,16,20). The fourth-order valence-corrected chi connectivity index (χ4v) is 1.97. The number of aromatic carboxylic acids is 1. The molecule has 0 aromatic heterocycles. The SMILES string of the molecule is O=C(Nc1cccc(C(=O)O)c1)NC1CCCNC1=O. The van der Waals surface area contributed by atoms with Crippen LogP contribution in [0.1, 0.15) is 23.2 Å². The first-order chi connectivity index (χ1) is 9.56. The van der Waals surface area contributed by atoms with Gasteiger partial charge in [0.2, 0.25) is 5.91 Å². The number of amides is 3. The topological polar surface area (TPSA) is 108 Å². The van der Waals surface area contributed by atoms with E-state index in [1.165, 1.54) is 18.2 Å². The van der Waals surface area contributed by atoms with Gasteiger partial charge in [-0.15, -0.1) is 0 Å². The molecule has 0 saturated carbocycles. The molecule has 7 heteroatoms. The van der Waals surface area contributed by atoms with Gasteiger partial charge in [-0.25, -0.2) is 9.59 Å². The summed E-state index contributed by atoms with van der Waals surface area (Å²) in [6.07, 6.45) is 1.40. The van der Waals surface area contributed by atoms with Crippen LogP contribution in [0.15, 0.2) is 24.3 Å². The summed E-state index contributed by atoms with van der Waals surface area (Å²) in [5, 5.41) is 16.6. The quantitative estimate of drug-likeness (QED) is 0.655. The molecular formula is C13H15N3O4. The molecule has 2 rings (SSSR count). The van der Waals surface area contributed by atoms with Crippen molar-refractivity contribution in [1.29, 1.82) is 0 Å². The Labute approximate surface area is 115 Å². The van der Waals surface area contributed by atoms with Crippen LogP contribution in [0.5, 0.6) is 0 Å². The zero-order valence-electron chi connectivity index (χ0n) is 10.7. The number of anilines is 1. The smallest absolute Gasteiger partial charge is 0.335 e. The second-order valence-electron chi connectivity index (χ2n) is 4.47. The Balaban J connectivity index is 1.95. The summed E-state index contributed by atoms with van der Waals surface area (Å²) < 4.78 is 0. The largest absolute Gasteiger partial charge is 0.478 e. The van der Waals surface area contributed by atoms with E-state index in [4.69, 9.17) is 5.11 Å². The number of carboxylic acids is 1. The monoisotopic (exact) mass is 277 g/mol. The molecule has 1 unspecified atom stereocenters. The molecular weight excluding hydrogens is 262 g/mol. The summed E-state index contributed by atoms with van der Waals surface area (Å²) in [5.74, 6) is -1.27. The van der Waals surface area contributed by atoms with Gasteiger partial charge < -0.3 is 21.1 Å². The first kappa shape index (κ1) is 13.9. The van der Waals surface area contributed by atoms with Crippen LogP contribution in [0, 0.1) is 0 Å². The lowest BCUT2D eigenvalue weighted by atomic mass is 10.1. The number of nitrogens with one attached hydrogen (secondary N) is 3. The highest BCUT2D eigenvalue weighted by Crippen LogP contribution is 2.11. The van der Waals surface area contributed by atoms with Gasteiger partial charge in [-0.05, 0) is 31.0 Å². The van der Waals surface area contributed by atoms with Gasteiger partial charge in [0.1, 0.15) is 6.04 Å². The lowest BCUT2D eigenvalue weighted by Gasteiger charge is -2.22. The first-order valence-corrected chi connectivity index (χ1v) is 6.25. The minimum atomic E-state index is -1.07. The van der Waals surface area contributed by atoms with Crippen LogP contribution >= 0.6 is 0 Å². The molecule has 4 N–H and O–H groups in total. The van der Waals surface area contributed by atoms with Gasteiger partial charge >= 0.3 is 12.0 Å². The second-order valence-corrected chi connectivity index (χ2v) is 4.47. The van der Waals surface area contributed by atoms with E-state index in [2.05, 4.69) is 16.0 Å². The van der Waals surface area contributed by atoms with E-state index in [1.54, 1.807) is 6.07 Å². The number of hydrogen-bond acceptors (Lipinski definition) is 3. The maximum absolute atomic E-state index is 11.8. The van der Waals surface area contributed by atoms with Crippen molar-refractivity contribution >= 4 is 23.6 Å². The van der Waals surface area contributed by atoms with Crippen LogP contribution in [0.4, 0.5) is 10.5 Å². The van der Waals surface area contributed by atoms with Gasteiger partial charge in [-0.1, -0.05) is 6.07 Å². The second kappa shape index (κ2) is 6.05. The Morgan fingerprint density at radius 2 is 2.15 bits per heavy atom. The highest BCUT2D eigenvalue weighted by Gasteiger charge is 2.23. The van der Waals surface area contributed by atoms with Crippen LogP contribution in [0.3, 0.4) is 0 Å². The minimum Gasteiger partial charge on any atom is -0.478 e. The summed E-state index contributed by atoms with van der Waals surface area (Å²) in [7, 11) is 0. The molecule has 1 aromatic rings. The number of benzene rings is 1. The van der Waals surface area contributed by atoms with E-state index in [-0.39, 0.29) is 11.5 Å². The number of hydrogen-bond donors (Lipinski definition) is 4. The average molecular weight is 277 g/mol. The number of carbonyl (C=O) groups is 3. The lowest BCUT2D eigenvalue weighted by Crippen LogP contribution is -2.51. The highest BCUT2D eigenvalue weighted by atomic mass is 16.4. The number of carboxylic acid groups (broad SMARTS) is 1. The summed E-state index contributed by atoms with van der Waals surface area (Å²) in [5.41, 5.74) is 0.442. The fourth-order valence-electron chi connectivity index (χ4n) is 1.97. The Morgan fingerprint density at radius 1 is 1.35 bits per heavy atom. The average Bonchev–Trinajstić information content (AvgIpc) is 2.41. The molecule has 1 aromatic carbocycles. The predicted octanol–water partition coefficient (Wildman–Crippen LogP) is 0.785. The number of piperidine rings is 1. The zero-order chi connectivity index (χ0) is 14.5. The zero-order valence-corrected chi connectivity index (χ0v) is 10.7. The first-order valence-electron chi connectivity index (χ1n) is 6.25. The molecule has 0 aliphatic carbocycles. The van der Waals surface area contributed by atoms with Gasteiger partial charge in [0.15, 0.2) is 0 Å². The lowest BCUT2D eigenvalue weighted by molar-refractivity contribution is -0.124. The number of carbonyl (C=O) groups excluding carboxylic acids is 2. The molecule has 20 heavy (non-hydrogen) atoms. The van der Waals surface area contributed by atoms with Crippen molar-refractivity contribution in [2.45, 2.75) is 18.9 Å². The van der Waals surface area contributed by atoms with E-state index in [9.17, 15) is 14.4 Å². The maximum atomic E-state index is 11.8. The van der Waals surface area contributed by atoms with E-state index in [1.807, 2.05) is 0 Å². The third-order valence-electron chi connectivity index (χ3n) is 2.96. The van der Waals surface area contributed by atoms with Crippen molar-refractivity contribution < 1.29 is 19.5 Å². The van der Waals surface area contributed by atoms with Gasteiger partial charge in [-0.2, -0.15) is 0 Å². The molecule has 1 atom stereocenters. The molecule has 1 saturated heterocycles. The molecule has 1 fully saturated rings. The molecule has 0 radical (unpaired) electrons. The van der Waals surface area contributed by atoms with Crippen molar-refractivity contribution in [1.82, 2.24) is 10.6 Å². The van der Waals surface area contributed by atoms with Crippen molar-refractivity contribution in [3.63, 3.8) is 0 Å². The Bertz CT molecular complexity index is 544. The van der Waals surface area contributed by atoms with Crippen molar-refractivity contribution in [3.05, 3.63) is 29.8 Å². The van der Waals surface area contributed by atoms with E-state index < -0.39 is 18.0 Å². The van der Waals surface area contributed by atoms with E-state index in [0.717, 1.165) is 6.42 Å². The van der Waals surface area contributed by atoms with E-state index >= 15 is 0 Å². The Kier molecular flexibility index (Phi) is 4.19. The third kappa shape index (κ3) is 3.47. The van der Waals surface area contributed by atoms with Crippen molar-refractivity contribution in [2.24, 2.45) is 0 Å². The van der Waals surface area contributed by atoms with Gasteiger partial charge in [0, 0.05) is 12.2 Å². The summed E-state index contributed by atoms with van der Waals surface area (Å²) in [4.78, 5) is 34.1. The van der Waals surface area contributed by atoms with Gasteiger partial charge in [-0.3, -0.25) is 4.79 Å². The molecule has 7 nitrogen and oxygen atoms in total. The summed E-state index contributed by atoms with van der Waals surface area (Å²) in [6.45, 7) is 0.624. The molecule has 1 heterocycles. The highest BCUT2D eigenvalue weighted by molar-refractivity contribution is 5.95.